The number of halogens is 1. The van der Waals surface area contributed by atoms with E-state index in [1.807, 2.05) is 36.4 Å². The van der Waals surface area contributed by atoms with Crippen LogP contribution in [0.1, 0.15) is 29.5 Å². The first-order chi connectivity index (χ1) is 15.2. The van der Waals surface area contributed by atoms with Crippen molar-refractivity contribution in [2.45, 2.75) is 38.6 Å². The summed E-state index contributed by atoms with van der Waals surface area (Å²) in [6, 6.07) is 17.9. The van der Waals surface area contributed by atoms with Crippen LogP contribution in [0.2, 0.25) is 0 Å². The van der Waals surface area contributed by atoms with Gasteiger partial charge in [0.15, 0.2) is 0 Å². The summed E-state index contributed by atoms with van der Waals surface area (Å²) in [7, 11) is 0. The van der Waals surface area contributed by atoms with Gasteiger partial charge in [0, 0.05) is 31.0 Å². The molecule has 1 atom stereocenters. The quantitative estimate of drug-likeness (QED) is 0.598. The fourth-order valence-electron chi connectivity index (χ4n) is 3.80. The molecule has 2 aromatic carbocycles. The highest BCUT2D eigenvalue weighted by Gasteiger charge is 2.30. The Hall–Kier alpha value is -3.25. The Balaban J connectivity index is 1.26. The molecule has 31 heavy (non-hydrogen) atoms. The molecule has 1 aliphatic heterocycles. The van der Waals surface area contributed by atoms with Gasteiger partial charge in [0.2, 0.25) is 5.91 Å². The van der Waals surface area contributed by atoms with E-state index in [-0.39, 0.29) is 17.8 Å². The summed E-state index contributed by atoms with van der Waals surface area (Å²) >= 11 is 0. The second-order valence-electron chi connectivity index (χ2n) is 7.77. The van der Waals surface area contributed by atoms with Crippen molar-refractivity contribution in [2.24, 2.45) is 0 Å². The molecule has 3 aromatic rings. The molecule has 1 N–H and O–H groups in total. The number of pyridine rings is 1. The van der Waals surface area contributed by atoms with Gasteiger partial charge in [-0.2, -0.15) is 0 Å². The van der Waals surface area contributed by atoms with Gasteiger partial charge in [0.1, 0.15) is 18.2 Å². The molecule has 0 radical (unpaired) electrons. The van der Waals surface area contributed by atoms with Gasteiger partial charge in [-0.3, -0.25) is 14.7 Å². The number of hydrogen-bond acceptors (Lipinski definition) is 4. The summed E-state index contributed by atoms with van der Waals surface area (Å²) in [5.41, 5.74) is 3.05. The predicted octanol–water partition coefficient (Wildman–Crippen LogP) is 4.08. The Bertz CT molecular complexity index is 978. The van der Waals surface area contributed by atoms with Crippen LogP contribution >= 0.6 is 0 Å². The van der Waals surface area contributed by atoms with E-state index in [0.717, 1.165) is 41.8 Å². The van der Waals surface area contributed by atoms with Gasteiger partial charge < -0.3 is 10.1 Å². The monoisotopic (exact) mass is 419 g/mol. The molecule has 1 saturated heterocycles. The molecule has 1 fully saturated rings. The smallest absolute Gasteiger partial charge is 0.237 e. The van der Waals surface area contributed by atoms with Crippen LogP contribution < -0.4 is 10.1 Å². The fourth-order valence-corrected chi connectivity index (χ4v) is 3.80. The minimum absolute atomic E-state index is 0.0384. The first-order valence-electron chi connectivity index (χ1n) is 10.5. The standard InChI is InChI=1S/C25H26FN3O2/c26-22-9-5-20(6-10-22)17-29-14-2-4-24(29)25(30)28-16-19-7-11-23(12-8-19)31-18-21-3-1-13-27-15-21/h1,3,5-13,15,24H,2,4,14,16-18H2,(H,28,30)/t24-/m0/s1. The molecule has 0 aliphatic carbocycles. The summed E-state index contributed by atoms with van der Waals surface area (Å²) in [6.45, 7) is 2.47. The number of nitrogens with zero attached hydrogens (tertiary/aromatic N) is 2. The van der Waals surface area contributed by atoms with Crippen LogP contribution in [0.3, 0.4) is 0 Å². The molecule has 1 aliphatic rings. The lowest BCUT2D eigenvalue weighted by atomic mass is 10.1. The number of amides is 1. The number of carbonyl (C=O) groups is 1. The third kappa shape index (κ3) is 5.89. The summed E-state index contributed by atoms with van der Waals surface area (Å²) in [4.78, 5) is 19.0. The van der Waals surface area contributed by atoms with Gasteiger partial charge in [-0.15, -0.1) is 0 Å². The van der Waals surface area contributed by atoms with E-state index >= 15 is 0 Å². The van der Waals surface area contributed by atoms with Gasteiger partial charge in [-0.05, 0) is 60.8 Å². The van der Waals surface area contributed by atoms with Gasteiger partial charge in [0.25, 0.3) is 0 Å². The highest BCUT2D eigenvalue weighted by Crippen LogP contribution is 2.21. The van der Waals surface area contributed by atoms with Crippen molar-refractivity contribution in [3.8, 4) is 5.75 Å². The van der Waals surface area contributed by atoms with E-state index in [0.29, 0.717) is 19.7 Å². The zero-order valence-corrected chi connectivity index (χ0v) is 17.3. The maximum atomic E-state index is 13.1. The lowest BCUT2D eigenvalue weighted by Crippen LogP contribution is -2.42. The molecule has 0 saturated carbocycles. The molecule has 1 aromatic heterocycles. The second kappa shape index (κ2) is 10.2. The third-order valence-corrected chi connectivity index (χ3v) is 5.48. The maximum Gasteiger partial charge on any atom is 0.237 e. The van der Waals surface area contributed by atoms with Crippen LogP contribution in [-0.4, -0.2) is 28.4 Å². The first-order valence-corrected chi connectivity index (χ1v) is 10.5. The third-order valence-electron chi connectivity index (χ3n) is 5.48. The molecular weight excluding hydrogens is 393 g/mol. The van der Waals surface area contributed by atoms with Crippen LogP contribution in [-0.2, 0) is 24.5 Å². The Morgan fingerprint density at radius 1 is 1.06 bits per heavy atom. The largest absolute Gasteiger partial charge is 0.489 e. The minimum atomic E-state index is -0.243. The van der Waals surface area contributed by atoms with Crippen LogP contribution in [0.4, 0.5) is 4.39 Å². The van der Waals surface area contributed by atoms with E-state index in [4.69, 9.17) is 4.74 Å². The molecule has 1 amide bonds. The topological polar surface area (TPSA) is 54.5 Å². The number of likely N-dealkylation sites (tertiary alicyclic amines) is 1. The number of rotatable bonds is 8. The Labute approximate surface area is 181 Å². The summed E-state index contributed by atoms with van der Waals surface area (Å²) in [6.07, 6.45) is 5.35. The molecule has 4 rings (SSSR count). The molecule has 0 spiro atoms. The average molecular weight is 420 g/mol. The highest BCUT2D eigenvalue weighted by atomic mass is 19.1. The lowest BCUT2D eigenvalue weighted by Gasteiger charge is -2.23. The number of benzene rings is 2. The molecule has 160 valence electrons. The van der Waals surface area contributed by atoms with Crippen molar-refractivity contribution in [3.05, 3.63) is 95.6 Å². The van der Waals surface area contributed by atoms with Crippen LogP contribution in [0.25, 0.3) is 0 Å². The zero-order valence-electron chi connectivity index (χ0n) is 17.3. The normalized spacial score (nSPS) is 16.2. The van der Waals surface area contributed by atoms with E-state index in [1.165, 1.54) is 12.1 Å². The summed E-state index contributed by atoms with van der Waals surface area (Å²) in [5.74, 6) is 0.574. The van der Waals surface area contributed by atoms with E-state index in [2.05, 4.69) is 15.2 Å². The SMILES string of the molecule is O=C(NCc1ccc(OCc2cccnc2)cc1)[C@@H]1CCCN1Cc1ccc(F)cc1. The van der Waals surface area contributed by atoms with Crippen molar-refractivity contribution in [3.63, 3.8) is 0 Å². The van der Waals surface area contributed by atoms with Crippen molar-refractivity contribution in [2.75, 3.05) is 6.54 Å². The van der Waals surface area contributed by atoms with Gasteiger partial charge >= 0.3 is 0 Å². The number of ether oxygens (including phenoxy) is 1. The summed E-state index contributed by atoms with van der Waals surface area (Å²) in [5, 5.41) is 3.05. The number of hydrogen-bond donors (Lipinski definition) is 1. The molecule has 6 heteroatoms. The maximum absolute atomic E-state index is 13.1. The molecule has 0 unspecified atom stereocenters. The number of carbonyl (C=O) groups excluding carboxylic acids is 1. The van der Waals surface area contributed by atoms with Crippen molar-refractivity contribution in [1.29, 1.82) is 0 Å². The van der Waals surface area contributed by atoms with Gasteiger partial charge in [-0.25, -0.2) is 4.39 Å². The van der Waals surface area contributed by atoms with Gasteiger partial charge in [0.05, 0.1) is 6.04 Å². The number of aromatic nitrogens is 1. The van der Waals surface area contributed by atoms with Crippen LogP contribution in [0.5, 0.6) is 5.75 Å². The van der Waals surface area contributed by atoms with Crippen molar-refractivity contribution >= 4 is 5.91 Å². The predicted molar refractivity (Wildman–Crippen MR) is 117 cm³/mol. The average Bonchev–Trinajstić information content (AvgIpc) is 3.27. The summed E-state index contributed by atoms with van der Waals surface area (Å²) < 4.78 is 18.9. The fraction of sp³-hybridized carbons (Fsp3) is 0.280. The molecular formula is C25H26FN3O2. The van der Waals surface area contributed by atoms with E-state index < -0.39 is 0 Å². The highest BCUT2D eigenvalue weighted by molar-refractivity contribution is 5.82. The lowest BCUT2D eigenvalue weighted by molar-refractivity contribution is -0.125. The van der Waals surface area contributed by atoms with E-state index in [9.17, 15) is 9.18 Å². The molecule has 5 nitrogen and oxygen atoms in total. The Morgan fingerprint density at radius 3 is 2.58 bits per heavy atom. The number of nitrogens with one attached hydrogen (secondary N) is 1. The molecule has 0 bridgehead atoms. The van der Waals surface area contributed by atoms with Crippen molar-refractivity contribution < 1.29 is 13.9 Å². The van der Waals surface area contributed by atoms with Crippen molar-refractivity contribution in [1.82, 2.24) is 15.2 Å². The van der Waals surface area contributed by atoms with Crippen LogP contribution in [0, 0.1) is 5.82 Å². The Morgan fingerprint density at radius 2 is 1.84 bits per heavy atom. The minimum Gasteiger partial charge on any atom is -0.489 e. The van der Waals surface area contributed by atoms with Crippen LogP contribution in [0.15, 0.2) is 73.1 Å². The molecule has 2 heterocycles. The Kier molecular flexibility index (Phi) is 6.89. The first kappa shape index (κ1) is 21.0. The zero-order chi connectivity index (χ0) is 21.5. The second-order valence-corrected chi connectivity index (χ2v) is 7.77. The van der Waals surface area contributed by atoms with E-state index in [1.54, 1.807) is 24.5 Å². The van der Waals surface area contributed by atoms with Gasteiger partial charge in [-0.1, -0.05) is 30.3 Å².